The maximum absolute atomic E-state index is 11.5. The minimum absolute atomic E-state index is 0.235. The Morgan fingerprint density at radius 3 is 2.46 bits per heavy atom. The fourth-order valence-corrected chi connectivity index (χ4v) is 2.56. The number of carbonyl (C=O) groups is 2. The van der Waals surface area contributed by atoms with Crippen LogP contribution in [0.1, 0.15) is 56.1 Å². The monoisotopic (exact) mass is 392 g/mol. The van der Waals surface area contributed by atoms with Crippen LogP contribution in [0, 0.1) is 6.92 Å². The molecule has 0 spiro atoms. The minimum atomic E-state index is -0.411. The van der Waals surface area contributed by atoms with Crippen molar-refractivity contribution in [2.45, 2.75) is 53.8 Å². The average molecular weight is 392 g/mol. The van der Waals surface area contributed by atoms with Crippen molar-refractivity contribution in [2.24, 2.45) is 4.99 Å². The van der Waals surface area contributed by atoms with Gasteiger partial charge in [0.1, 0.15) is 18.0 Å². The Kier molecular flexibility index (Phi) is 8.96. The van der Waals surface area contributed by atoms with Crippen molar-refractivity contribution in [3.05, 3.63) is 28.8 Å². The fraction of sp³-hybridized carbons (Fsp3) is 0.571. The molecule has 156 valence electrons. The number of cyclic esters (lactones) is 1. The quantitative estimate of drug-likeness (QED) is 0.675. The summed E-state index contributed by atoms with van der Waals surface area (Å²) in [6.07, 6.45) is 1.49. The molecule has 0 bridgehead atoms. The van der Waals surface area contributed by atoms with Crippen molar-refractivity contribution in [1.82, 2.24) is 4.90 Å². The van der Waals surface area contributed by atoms with Crippen molar-refractivity contribution in [1.29, 1.82) is 0 Å². The predicted molar refractivity (Wildman–Crippen MR) is 109 cm³/mol. The third-order valence-corrected chi connectivity index (χ3v) is 3.92. The van der Waals surface area contributed by atoms with Crippen LogP contribution in [0.15, 0.2) is 17.1 Å². The van der Waals surface area contributed by atoms with E-state index >= 15 is 0 Å². The van der Waals surface area contributed by atoms with Crippen LogP contribution >= 0.6 is 0 Å². The van der Waals surface area contributed by atoms with Crippen LogP contribution in [0.25, 0.3) is 0 Å². The molecule has 0 unspecified atom stereocenters. The molecule has 3 rings (SSSR count). The number of esters is 1. The molecule has 1 aromatic rings. The largest absolute Gasteiger partial charge is 0.496 e. The molecule has 2 aliphatic rings. The lowest BCUT2D eigenvalue weighted by Crippen LogP contribution is -2.40. The van der Waals surface area contributed by atoms with Gasteiger partial charge in [-0.05, 0) is 45.4 Å². The van der Waals surface area contributed by atoms with Crippen molar-refractivity contribution in [2.75, 3.05) is 26.7 Å². The van der Waals surface area contributed by atoms with E-state index in [4.69, 9.17) is 14.2 Å². The lowest BCUT2D eigenvalue weighted by Gasteiger charge is -2.27. The number of benzene rings is 1. The first-order chi connectivity index (χ1) is 13.2. The predicted octanol–water partition coefficient (Wildman–Crippen LogP) is 4.01. The van der Waals surface area contributed by atoms with E-state index < -0.39 is 5.60 Å². The van der Waals surface area contributed by atoms with Gasteiger partial charge in [-0.15, -0.1) is 0 Å². The van der Waals surface area contributed by atoms with E-state index in [0.29, 0.717) is 31.8 Å². The standard InChI is InChI=1S/C10H10O3.C9H16N2O2.C2H6/c1-6-8-5-13-10(11)7(8)3-4-9(6)12-2;1-9(2,3)13-8(12)11-6-4-10-5-7-11;1-2/h3-4H,5H2,1-2H3;4H,5-7H2,1-3H3;1-2H3. The van der Waals surface area contributed by atoms with Crippen LogP contribution in [-0.4, -0.2) is 55.5 Å². The van der Waals surface area contributed by atoms with Crippen LogP contribution in [0.5, 0.6) is 5.75 Å². The highest BCUT2D eigenvalue weighted by Gasteiger charge is 2.24. The summed E-state index contributed by atoms with van der Waals surface area (Å²) in [5.74, 6) is 0.567. The highest BCUT2D eigenvalue weighted by atomic mass is 16.6. The summed E-state index contributed by atoms with van der Waals surface area (Å²) in [5, 5.41) is 0. The van der Waals surface area contributed by atoms with Crippen molar-refractivity contribution in [3.63, 3.8) is 0 Å². The highest BCUT2D eigenvalue weighted by Crippen LogP contribution is 2.29. The normalized spacial score (nSPS) is 14.7. The van der Waals surface area contributed by atoms with Gasteiger partial charge in [0, 0.05) is 18.3 Å². The molecule has 0 saturated carbocycles. The molecule has 0 atom stereocenters. The molecule has 0 saturated heterocycles. The van der Waals surface area contributed by atoms with Gasteiger partial charge in [0.25, 0.3) is 0 Å². The molecule has 7 nitrogen and oxygen atoms in total. The second kappa shape index (κ2) is 10.7. The Morgan fingerprint density at radius 1 is 1.25 bits per heavy atom. The molecule has 0 fully saturated rings. The third-order valence-electron chi connectivity index (χ3n) is 3.92. The van der Waals surface area contributed by atoms with Crippen molar-refractivity contribution >= 4 is 18.3 Å². The number of carbonyl (C=O) groups excluding carboxylic acids is 2. The Bertz CT molecular complexity index is 707. The molecule has 2 aliphatic heterocycles. The number of hydrogen-bond donors (Lipinski definition) is 0. The van der Waals surface area contributed by atoms with Crippen LogP contribution in [-0.2, 0) is 16.1 Å². The molecule has 7 heteroatoms. The number of aliphatic imine (C=N–C) groups is 1. The van der Waals surface area contributed by atoms with Gasteiger partial charge in [0.15, 0.2) is 0 Å². The SMILES string of the molecule is CC.CC(C)(C)OC(=O)N1CC=NCC1.COc1ccc2c(c1C)COC2=O. The van der Waals surface area contributed by atoms with Crippen LogP contribution < -0.4 is 4.74 Å². The lowest BCUT2D eigenvalue weighted by atomic mass is 10.0. The zero-order chi connectivity index (χ0) is 21.3. The molecule has 0 aliphatic carbocycles. The summed E-state index contributed by atoms with van der Waals surface area (Å²) in [6, 6.07) is 3.54. The summed E-state index contributed by atoms with van der Waals surface area (Å²) in [5.41, 5.74) is 2.19. The first-order valence-corrected chi connectivity index (χ1v) is 9.52. The summed E-state index contributed by atoms with van der Waals surface area (Å²) in [7, 11) is 1.62. The summed E-state index contributed by atoms with van der Waals surface area (Å²) in [6.45, 7) is 13.8. The summed E-state index contributed by atoms with van der Waals surface area (Å²) in [4.78, 5) is 28.3. The first kappa shape index (κ1) is 23.5. The van der Waals surface area contributed by atoms with Crippen LogP contribution in [0.3, 0.4) is 0 Å². The fourth-order valence-electron chi connectivity index (χ4n) is 2.56. The Hall–Kier alpha value is -2.57. The summed E-state index contributed by atoms with van der Waals surface area (Å²) < 4.78 is 15.3. The number of fused-ring (bicyclic) bond motifs is 1. The van der Waals surface area contributed by atoms with Gasteiger partial charge in [-0.3, -0.25) is 4.99 Å². The first-order valence-electron chi connectivity index (χ1n) is 9.52. The topological polar surface area (TPSA) is 77.4 Å². The van der Waals surface area contributed by atoms with E-state index in [0.717, 1.165) is 16.9 Å². The Morgan fingerprint density at radius 2 is 1.93 bits per heavy atom. The second-order valence-corrected chi connectivity index (χ2v) is 7.01. The van der Waals surface area contributed by atoms with Gasteiger partial charge in [0.05, 0.1) is 25.8 Å². The molecule has 0 N–H and O–H groups in total. The molecule has 28 heavy (non-hydrogen) atoms. The Labute approximate surface area is 167 Å². The molecular weight excluding hydrogens is 360 g/mol. The second-order valence-electron chi connectivity index (χ2n) is 7.01. The van der Waals surface area contributed by atoms with Gasteiger partial charge >= 0.3 is 12.1 Å². The van der Waals surface area contributed by atoms with Crippen molar-refractivity contribution < 1.29 is 23.8 Å². The van der Waals surface area contributed by atoms with Crippen molar-refractivity contribution in [3.8, 4) is 5.75 Å². The van der Waals surface area contributed by atoms with E-state index in [-0.39, 0.29) is 12.1 Å². The van der Waals surface area contributed by atoms with E-state index in [1.54, 1.807) is 30.4 Å². The highest BCUT2D eigenvalue weighted by molar-refractivity contribution is 5.94. The number of nitrogens with zero attached hydrogens (tertiary/aromatic N) is 2. The Balaban J connectivity index is 0.000000257. The van der Waals surface area contributed by atoms with E-state index in [1.165, 1.54) is 0 Å². The maximum Gasteiger partial charge on any atom is 0.410 e. The van der Waals surface area contributed by atoms with Gasteiger partial charge < -0.3 is 19.1 Å². The molecule has 0 aromatic heterocycles. The number of methoxy groups -OCH3 is 1. The molecule has 1 amide bonds. The minimum Gasteiger partial charge on any atom is -0.496 e. The molecule has 2 heterocycles. The maximum atomic E-state index is 11.5. The third kappa shape index (κ3) is 6.55. The van der Waals surface area contributed by atoms with Gasteiger partial charge in [-0.25, -0.2) is 9.59 Å². The molecule has 1 aromatic carbocycles. The van der Waals surface area contributed by atoms with Crippen LogP contribution in [0.2, 0.25) is 0 Å². The molecule has 0 radical (unpaired) electrons. The van der Waals surface area contributed by atoms with E-state index in [1.807, 2.05) is 41.5 Å². The van der Waals surface area contributed by atoms with E-state index in [9.17, 15) is 9.59 Å². The number of amides is 1. The smallest absolute Gasteiger partial charge is 0.410 e. The average Bonchev–Trinajstić information content (AvgIpc) is 3.05. The number of ether oxygens (including phenoxy) is 3. The lowest BCUT2D eigenvalue weighted by molar-refractivity contribution is 0.0280. The molecular formula is C21H32N2O5. The number of hydrogen-bond acceptors (Lipinski definition) is 6. The zero-order valence-corrected chi connectivity index (χ0v) is 18.0. The zero-order valence-electron chi connectivity index (χ0n) is 18.0. The van der Waals surface area contributed by atoms with Gasteiger partial charge in [-0.2, -0.15) is 0 Å². The van der Waals surface area contributed by atoms with E-state index in [2.05, 4.69) is 4.99 Å². The van der Waals surface area contributed by atoms with Crippen LogP contribution in [0.4, 0.5) is 4.79 Å². The van der Waals surface area contributed by atoms with Gasteiger partial charge in [0.2, 0.25) is 0 Å². The van der Waals surface area contributed by atoms with Gasteiger partial charge in [-0.1, -0.05) is 13.8 Å². The number of rotatable bonds is 1. The summed E-state index contributed by atoms with van der Waals surface area (Å²) >= 11 is 0.